The molecule has 50 heavy (non-hydrogen) atoms. The molecule has 8 N–H and O–H groups in total. The van der Waals surface area contributed by atoms with Crippen molar-refractivity contribution in [1.82, 2.24) is 0 Å². The van der Waals surface area contributed by atoms with E-state index < -0.39 is 101 Å². The standard InChI is InChI=1S/C33H26O17/c34-18-5-1-14(9-22(18)38)29(42)47-26-13-46-33(50-32(45)17-4-8-21(37)25(41)12-17)28(49-31(44)16-3-7-20(36)24(40)11-16)27(26)48-30(43)15-2-6-19(35)23(39)10-15/h1-12,26-28,33-41H,13H2/t26-,27-,28+,33?/m0/s1. The third-order valence-electron chi connectivity index (χ3n) is 7.20. The van der Waals surface area contributed by atoms with Gasteiger partial charge in [-0.2, -0.15) is 0 Å². The van der Waals surface area contributed by atoms with E-state index in [0.717, 1.165) is 72.8 Å². The molecular weight excluding hydrogens is 668 g/mol. The Morgan fingerprint density at radius 1 is 0.440 bits per heavy atom. The van der Waals surface area contributed by atoms with Crippen molar-refractivity contribution in [3.8, 4) is 46.0 Å². The highest BCUT2D eigenvalue weighted by Crippen LogP contribution is 2.33. The van der Waals surface area contributed by atoms with Crippen molar-refractivity contribution < 1.29 is 83.7 Å². The van der Waals surface area contributed by atoms with Crippen LogP contribution in [0, 0.1) is 0 Å². The summed E-state index contributed by atoms with van der Waals surface area (Å²) in [7, 11) is 0. The summed E-state index contributed by atoms with van der Waals surface area (Å²) < 4.78 is 27.7. The summed E-state index contributed by atoms with van der Waals surface area (Å²) in [6, 6.07) is 11.6. The molecule has 0 radical (unpaired) electrons. The molecule has 1 saturated heterocycles. The summed E-state index contributed by atoms with van der Waals surface area (Å²) in [5.41, 5.74) is -1.31. The normalized spacial score (nSPS) is 18.4. The predicted molar refractivity (Wildman–Crippen MR) is 162 cm³/mol. The zero-order valence-corrected chi connectivity index (χ0v) is 25.2. The van der Waals surface area contributed by atoms with E-state index in [1.54, 1.807) is 0 Å². The second kappa shape index (κ2) is 14.1. The quantitative estimate of drug-likeness (QED) is 0.0747. The molecule has 5 rings (SSSR count). The molecule has 4 aromatic carbocycles. The molecule has 1 unspecified atom stereocenters. The molecule has 4 aromatic rings. The molecule has 1 aliphatic heterocycles. The molecule has 17 heteroatoms. The van der Waals surface area contributed by atoms with Crippen LogP contribution in [-0.2, 0) is 23.7 Å². The Morgan fingerprint density at radius 3 is 1.12 bits per heavy atom. The smallest absolute Gasteiger partial charge is 0.340 e. The lowest BCUT2D eigenvalue weighted by Gasteiger charge is -2.40. The summed E-state index contributed by atoms with van der Waals surface area (Å²) in [6.45, 7) is -0.693. The molecule has 0 spiro atoms. The van der Waals surface area contributed by atoms with Crippen LogP contribution >= 0.6 is 0 Å². The highest BCUT2D eigenvalue weighted by molar-refractivity contribution is 5.93. The van der Waals surface area contributed by atoms with E-state index in [9.17, 15) is 60.0 Å². The van der Waals surface area contributed by atoms with Gasteiger partial charge in [-0.15, -0.1) is 0 Å². The van der Waals surface area contributed by atoms with E-state index in [1.165, 1.54) is 0 Å². The van der Waals surface area contributed by atoms with Crippen molar-refractivity contribution in [2.75, 3.05) is 6.61 Å². The summed E-state index contributed by atoms with van der Waals surface area (Å²) >= 11 is 0. The van der Waals surface area contributed by atoms with Crippen LogP contribution in [0.4, 0.5) is 0 Å². The Morgan fingerprint density at radius 2 is 0.760 bits per heavy atom. The van der Waals surface area contributed by atoms with Gasteiger partial charge in [0, 0.05) is 0 Å². The third-order valence-corrected chi connectivity index (χ3v) is 7.20. The van der Waals surface area contributed by atoms with Crippen molar-refractivity contribution >= 4 is 23.9 Å². The molecule has 0 amide bonds. The highest BCUT2D eigenvalue weighted by atomic mass is 16.7. The number of hydrogen-bond acceptors (Lipinski definition) is 17. The minimum Gasteiger partial charge on any atom is -0.504 e. The largest absolute Gasteiger partial charge is 0.504 e. The fourth-order valence-corrected chi connectivity index (χ4v) is 4.58. The molecule has 1 heterocycles. The van der Waals surface area contributed by atoms with Gasteiger partial charge in [0.2, 0.25) is 12.4 Å². The third kappa shape index (κ3) is 7.47. The number of phenols is 8. The zero-order valence-electron chi connectivity index (χ0n) is 25.2. The molecule has 0 aliphatic carbocycles. The van der Waals surface area contributed by atoms with E-state index >= 15 is 0 Å². The summed E-state index contributed by atoms with van der Waals surface area (Å²) in [5.74, 6) is -9.88. The van der Waals surface area contributed by atoms with Gasteiger partial charge in [0.1, 0.15) is 0 Å². The lowest BCUT2D eigenvalue weighted by Crippen LogP contribution is -2.58. The second-order valence-corrected chi connectivity index (χ2v) is 10.6. The number of carbonyl (C=O) groups is 4. The molecule has 1 fully saturated rings. The molecule has 0 bridgehead atoms. The number of hydrogen-bond donors (Lipinski definition) is 8. The van der Waals surface area contributed by atoms with Gasteiger partial charge in [-0.05, 0) is 72.8 Å². The van der Waals surface area contributed by atoms with Gasteiger partial charge in [0.25, 0.3) is 0 Å². The van der Waals surface area contributed by atoms with Gasteiger partial charge in [-0.25, -0.2) is 19.2 Å². The van der Waals surface area contributed by atoms with Crippen LogP contribution in [0.25, 0.3) is 0 Å². The second-order valence-electron chi connectivity index (χ2n) is 10.6. The van der Waals surface area contributed by atoms with Gasteiger partial charge in [0.15, 0.2) is 58.2 Å². The molecule has 4 atom stereocenters. The first-order valence-corrected chi connectivity index (χ1v) is 14.2. The monoisotopic (exact) mass is 694 g/mol. The van der Waals surface area contributed by atoms with Crippen molar-refractivity contribution in [2.45, 2.75) is 24.6 Å². The highest BCUT2D eigenvalue weighted by Gasteiger charge is 2.50. The number of carbonyl (C=O) groups excluding carboxylic acids is 4. The minimum atomic E-state index is -1.98. The SMILES string of the molecule is O=C(OC1OC[C@H](OC(=O)c2ccc(O)c(O)c2)[C@H](OC(=O)c2ccc(O)c(O)c2)[C@H]1OC(=O)c1ccc(O)c(O)c1)c1ccc(O)c(O)c1. The zero-order chi connectivity index (χ0) is 36.3. The van der Waals surface area contributed by atoms with Crippen LogP contribution in [0.2, 0.25) is 0 Å². The Balaban J connectivity index is 1.53. The first-order valence-electron chi connectivity index (χ1n) is 14.2. The maximum atomic E-state index is 13.3. The van der Waals surface area contributed by atoms with E-state index in [-0.39, 0.29) is 22.3 Å². The Kier molecular flexibility index (Phi) is 9.70. The predicted octanol–water partition coefficient (Wildman–Crippen LogP) is 2.52. The first kappa shape index (κ1) is 34.5. The topological polar surface area (TPSA) is 276 Å². The molecule has 1 aliphatic rings. The lowest BCUT2D eigenvalue weighted by molar-refractivity contribution is -0.250. The molecule has 0 aromatic heterocycles. The van der Waals surface area contributed by atoms with Crippen molar-refractivity contribution in [2.24, 2.45) is 0 Å². The van der Waals surface area contributed by atoms with E-state index in [1.807, 2.05) is 0 Å². The molecule has 17 nitrogen and oxygen atoms in total. The van der Waals surface area contributed by atoms with Crippen LogP contribution in [0.5, 0.6) is 46.0 Å². The number of ether oxygens (including phenoxy) is 5. The van der Waals surface area contributed by atoms with Crippen LogP contribution in [0.3, 0.4) is 0 Å². The van der Waals surface area contributed by atoms with Crippen LogP contribution in [0.15, 0.2) is 72.8 Å². The molecule has 260 valence electrons. The first-order chi connectivity index (χ1) is 23.7. The van der Waals surface area contributed by atoms with Crippen molar-refractivity contribution in [3.05, 3.63) is 95.1 Å². The Hall–Kier alpha value is -6.88. The maximum absolute atomic E-state index is 13.3. The number of rotatable bonds is 8. The van der Waals surface area contributed by atoms with E-state index in [2.05, 4.69) is 0 Å². The van der Waals surface area contributed by atoms with Crippen LogP contribution < -0.4 is 0 Å². The molecule has 0 saturated carbocycles. The lowest BCUT2D eigenvalue weighted by atomic mass is 10.0. The number of aromatic hydroxyl groups is 8. The molecular formula is C33H26O17. The summed E-state index contributed by atoms with van der Waals surface area (Å²) in [5, 5.41) is 78.2. The van der Waals surface area contributed by atoms with Crippen LogP contribution in [0.1, 0.15) is 41.4 Å². The van der Waals surface area contributed by atoms with Crippen molar-refractivity contribution in [1.29, 1.82) is 0 Å². The Bertz CT molecular complexity index is 1830. The summed E-state index contributed by atoms with van der Waals surface area (Å²) in [4.78, 5) is 52.9. The number of esters is 4. The van der Waals surface area contributed by atoms with Crippen LogP contribution in [-0.4, -0.2) is 95.9 Å². The summed E-state index contributed by atoms with van der Waals surface area (Å²) in [6.07, 6.45) is -7.47. The Labute approximate surface area is 279 Å². The number of phenolic OH excluding ortho intramolecular Hbond substituents is 8. The average molecular weight is 695 g/mol. The average Bonchev–Trinajstić information content (AvgIpc) is 3.08. The fraction of sp³-hybridized carbons (Fsp3) is 0.152. The van der Waals surface area contributed by atoms with Gasteiger partial charge in [-0.1, -0.05) is 0 Å². The number of benzene rings is 4. The van der Waals surface area contributed by atoms with Gasteiger partial charge < -0.3 is 64.5 Å². The maximum Gasteiger partial charge on any atom is 0.340 e. The van der Waals surface area contributed by atoms with Gasteiger partial charge in [-0.3, -0.25) is 0 Å². The van der Waals surface area contributed by atoms with E-state index in [4.69, 9.17) is 23.7 Å². The van der Waals surface area contributed by atoms with E-state index in [0.29, 0.717) is 0 Å². The van der Waals surface area contributed by atoms with Gasteiger partial charge in [0.05, 0.1) is 28.9 Å². The minimum absolute atomic E-state index is 0.289. The van der Waals surface area contributed by atoms with Gasteiger partial charge >= 0.3 is 23.9 Å². The van der Waals surface area contributed by atoms with Crippen molar-refractivity contribution in [3.63, 3.8) is 0 Å². The fourth-order valence-electron chi connectivity index (χ4n) is 4.58.